The summed E-state index contributed by atoms with van der Waals surface area (Å²) in [6.45, 7) is 4.30. The number of sulfonamides is 1. The number of thiazole rings is 1. The van der Waals surface area contributed by atoms with Crippen LogP contribution >= 0.6 is 22.9 Å². The second-order valence-electron chi connectivity index (χ2n) is 7.55. The molecule has 31 heavy (non-hydrogen) atoms. The highest BCUT2D eigenvalue weighted by Gasteiger charge is 2.21. The van der Waals surface area contributed by atoms with Gasteiger partial charge in [-0.05, 0) is 42.2 Å². The fraction of sp³-hybridized carbons (Fsp3) is 0.182. The molecule has 0 aliphatic heterocycles. The normalized spacial score (nSPS) is 11.9. The molecule has 1 amide bonds. The molecule has 0 fully saturated rings. The molecule has 0 saturated heterocycles. The number of aromatic nitrogens is 2. The maximum atomic E-state index is 12.6. The molecular weight excluding hydrogens is 454 g/mol. The van der Waals surface area contributed by atoms with Crippen LogP contribution in [-0.2, 0) is 16.4 Å². The Morgan fingerprint density at radius 2 is 1.94 bits per heavy atom. The number of nitrogens with one attached hydrogen (secondary N) is 1. The van der Waals surface area contributed by atoms with Gasteiger partial charge in [0.25, 0.3) is 15.9 Å². The molecule has 4 aromatic rings. The van der Waals surface area contributed by atoms with E-state index in [0.29, 0.717) is 16.1 Å². The molecule has 0 atom stereocenters. The molecule has 6 nitrogen and oxygen atoms in total. The summed E-state index contributed by atoms with van der Waals surface area (Å²) in [5.74, 6) is -0.307. The van der Waals surface area contributed by atoms with E-state index >= 15 is 0 Å². The Balaban J connectivity index is 1.67. The number of rotatable bonds is 6. The van der Waals surface area contributed by atoms with Crippen molar-refractivity contribution >= 4 is 49.8 Å². The monoisotopic (exact) mass is 473 g/mol. The molecule has 0 aliphatic carbocycles. The van der Waals surface area contributed by atoms with Crippen LogP contribution in [0.25, 0.3) is 16.0 Å². The Labute approximate surface area is 189 Å². The summed E-state index contributed by atoms with van der Waals surface area (Å²) in [5.41, 5.74) is 2.09. The van der Waals surface area contributed by atoms with Crippen molar-refractivity contribution in [2.45, 2.75) is 25.2 Å². The molecule has 2 aromatic heterocycles. The largest absolute Gasteiger partial charge is 0.292 e. The smallest absolute Gasteiger partial charge is 0.284 e. The summed E-state index contributed by atoms with van der Waals surface area (Å²) in [6.07, 6.45) is 2.89. The first-order chi connectivity index (χ1) is 14.7. The summed E-state index contributed by atoms with van der Waals surface area (Å²) in [6, 6.07) is 13.4. The van der Waals surface area contributed by atoms with E-state index < -0.39 is 15.9 Å². The van der Waals surface area contributed by atoms with Gasteiger partial charge in [0.15, 0.2) is 5.13 Å². The van der Waals surface area contributed by atoms with Crippen LogP contribution in [0.5, 0.6) is 0 Å². The maximum absolute atomic E-state index is 12.6. The average molecular weight is 474 g/mol. The Morgan fingerprint density at radius 3 is 2.65 bits per heavy atom. The van der Waals surface area contributed by atoms with Crippen LogP contribution in [0, 0.1) is 5.92 Å². The average Bonchev–Trinajstić information content (AvgIpc) is 3.33. The van der Waals surface area contributed by atoms with Crippen molar-refractivity contribution in [1.82, 2.24) is 14.3 Å². The van der Waals surface area contributed by atoms with Crippen molar-refractivity contribution in [3.05, 3.63) is 76.4 Å². The molecule has 160 valence electrons. The van der Waals surface area contributed by atoms with E-state index in [2.05, 4.69) is 23.6 Å². The van der Waals surface area contributed by atoms with Gasteiger partial charge in [-0.2, -0.15) is 0 Å². The highest BCUT2D eigenvalue weighted by atomic mass is 35.5. The van der Waals surface area contributed by atoms with E-state index in [1.165, 1.54) is 23.5 Å². The Hall–Kier alpha value is -2.68. The van der Waals surface area contributed by atoms with Crippen LogP contribution in [0.1, 0.15) is 29.9 Å². The Morgan fingerprint density at radius 1 is 1.19 bits per heavy atom. The number of benzene rings is 2. The number of halogens is 1. The molecular formula is C22H20ClN3O3S2. The second kappa shape index (κ2) is 8.45. The summed E-state index contributed by atoms with van der Waals surface area (Å²) >= 11 is 7.48. The molecule has 1 N–H and O–H groups in total. The minimum atomic E-state index is -3.97. The number of hydrogen-bond acceptors (Lipinski definition) is 5. The lowest BCUT2D eigenvalue weighted by molar-refractivity contribution is 0.0977. The highest BCUT2D eigenvalue weighted by Crippen LogP contribution is 2.30. The van der Waals surface area contributed by atoms with Gasteiger partial charge in [-0.15, -0.1) is 11.3 Å². The van der Waals surface area contributed by atoms with E-state index in [1.54, 1.807) is 23.6 Å². The number of hydrogen-bond donors (Lipinski definition) is 1. The minimum absolute atomic E-state index is 0.0168. The van der Waals surface area contributed by atoms with Gasteiger partial charge in [0.05, 0.1) is 10.4 Å². The first kappa shape index (κ1) is 21.5. The molecule has 0 aliphatic rings. The summed E-state index contributed by atoms with van der Waals surface area (Å²) in [5, 5.41) is 3.78. The number of carbonyl (C=O) groups excluding carboxylic acids is 1. The van der Waals surface area contributed by atoms with E-state index in [4.69, 9.17) is 11.6 Å². The number of fused-ring (bicyclic) bond motifs is 1. The molecule has 0 spiro atoms. The van der Waals surface area contributed by atoms with Crippen molar-refractivity contribution in [1.29, 1.82) is 0 Å². The van der Waals surface area contributed by atoms with E-state index in [0.717, 1.165) is 22.9 Å². The predicted octanol–water partition coefficient (Wildman–Crippen LogP) is 5.06. The third kappa shape index (κ3) is 4.51. The fourth-order valence-corrected chi connectivity index (χ4v) is 5.28. The van der Waals surface area contributed by atoms with Crippen LogP contribution in [0.15, 0.2) is 65.0 Å². The van der Waals surface area contributed by atoms with Crippen LogP contribution < -0.4 is 4.72 Å². The van der Waals surface area contributed by atoms with Gasteiger partial charge in [-0.25, -0.2) is 18.1 Å². The zero-order valence-corrected chi connectivity index (χ0v) is 19.3. The minimum Gasteiger partial charge on any atom is -0.292 e. The van der Waals surface area contributed by atoms with Gasteiger partial charge in [-0.3, -0.25) is 9.36 Å². The zero-order valence-electron chi connectivity index (χ0n) is 16.9. The van der Waals surface area contributed by atoms with Gasteiger partial charge < -0.3 is 0 Å². The molecule has 0 bridgehead atoms. The lowest BCUT2D eigenvalue weighted by Crippen LogP contribution is -2.30. The molecule has 0 unspecified atom stereocenters. The van der Waals surface area contributed by atoms with Gasteiger partial charge >= 0.3 is 0 Å². The Kier molecular flexibility index (Phi) is 5.88. The molecule has 2 heterocycles. The molecule has 0 radical (unpaired) electrons. The summed E-state index contributed by atoms with van der Waals surface area (Å²) < 4.78 is 28.8. The molecule has 2 aromatic carbocycles. The van der Waals surface area contributed by atoms with Crippen molar-refractivity contribution in [2.75, 3.05) is 0 Å². The summed E-state index contributed by atoms with van der Waals surface area (Å²) in [7, 11) is -3.97. The van der Waals surface area contributed by atoms with Crippen molar-refractivity contribution in [3.63, 3.8) is 0 Å². The van der Waals surface area contributed by atoms with Gasteiger partial charge in [0, 0.05) is 22.0 Å². The highest BCUT2D eigenvalue weighted by molar-refractivity contribution is 7.90. The standard InChI is InChI=1S/C22H20ClN3O3S2/c1-14(2)10-15-12-26(20-11-16(23)8-9-18(15)20)22-24-19(13-30-22)21(27)25-31(28,29)17-6-4-3-5-7-17/h3-9,11-14H,10H2,1-2H3,(H,25,27). The van der Waals surface area contributed by atoms with Crippen LogP contribution in [-0.4, -0.2) is 23.9 Å². The number of nitrogens with zero attached hydrogens (tertiary/aromatic N) is 2. The van der Waals surface area contributed by atoms with Gasteiger partial charge in [-0.1, -0.05) is 49.7 Å². The van der Waals surface area contributed by atoms with Crippen molar-refractivity contribution in [3.8, 4) is 5.13 Å². The van der Waals surface area contributed by atoms with E-state index in [1.807, 2.05) is 29.0 Å². The van der Waals surface area contributed by atoms with Gasteiger partial charge in [0.1, 0.15) is 5.69 Å². The number of amides is 1. The molecule has 9 heteroatoms. The van der Waals surface area contributed by atoms with Crippen LogP contribution in [0.4, 0.5) is 0 Å². The fourth-order valence-electron chi connectivity index (χ4n) is 3.34. The lowest BCUT2D eigenvalue weighted by atomic mass is 10.0. The quantitative estimate of drug-likeness (QED) is 0.424. The number of carbonyl (C=O) groups is 1. The lowest BCUT2D eigenvalue weighted by Gasteiger charge is -2.05. The van der Waals surface area contributed by atoms with Crippen LogP contribution in [0.2, 0.25) is 5.02 Å². The van der Waals surface area contributed by atoms with Gasteiger partial charge in [0.2, 0.25) is 0 Å². The first-order valence-corrected chi connectivity index (χ1v) is 12.4. The Bertz CT molecular complexity index is 1360. The van der Waals surface area contributed by atoms with Crippen molar-refractivity contribution < 1.29 is 13.2 Å². The maximum Gasteiger partial charge on any atom is 0.284 e. The SMILES string of the molecule is CC(C)Cc1cn(-c2nc(C(=O)NS(=O)(=O)c3ccccc3)cs2)c2cc(Cl)ccc12. The van der Waals surface area contributed by atoms with E-state index in [9.17, 15) is 13.2 Å². The predicted molar refractivity (Wildman–Crippen MR) is 124 cm³/mol. The third-order valence-electron chi connectivity index (χ3n) is 4.69. The first-order valence-electron chi connectivity index (χ1n) is 9.62. The third-order valence-corrected chi connectivity index (χ3v) is 7.11. The zero-order chi connectivity index (χ0) is 22.2. The topological polar surface area (TPSA) is 81.1 Å². The van der Waals surface area contributed by atoms with Crippen molar-refractivity contribution in [2.24, 2.45) is 5.92 Å². The molecule has 4 rings (SSSR count). The van der Waals surface area contributed by atoms with E-state index in [-0.39, 0.29) is 10.6 Å². The second-order valence-corrected chi connectivity index (χ2v) is 10.5. The van der Waals surface area contributed by atoms with Crippen LogP contribution in [0.3, 0.4) is 0 Å². The molecule has 0 saturated carbocycles. The summed E-state index contributed by atoms with van der Waals surface area (Å²) in [4.78, 5) is 17.0.